The molecule has 0 saturated heterocycles. The van der Waals surface area contributed by atoms with Crippen LogP contribution in [0.5, 0.6) is 0 Å². The molecule has 4 nitrogen and oxygen atoms in total. The highest BCUT2D eigenvalue weighted by molar-refractivity contribution is 7.13. The van der Waals surface area contributed by atoms with Gasteiger partial charge in [0.15, 0.2) is 0 Å². The largest absolute Gasteiger partial charge is 0.477 e. The van der Waals surface area contributed by atoms with Gasteiger partial charge in [0, 0.05) is 0 Å². The Kier molecular flexibility index (Phi) is 2.18. The normalized spacial score (nSPS) is 9.00. The Bertz CT molecular complexity index is 313. The van der Waals surface area contributed by atoms with Crippen LogP contribution in [0, 0.1) is 11.3 Å². The number of nitriles is 1. The van der Waals surface area contributed by atoms with E-state index in [0.717, 1.165) is 11.3 Å². The fourth-order valence-corrected chi connectivity index (χ4v) is 1.25. The van der Waals surface area contributed by atoms with Gasteiger partial charge in [0.25, 0.3) is 0 Å². The lowest BCUT2D eigenvalue weighted by Gasteiger charge is -1.80. The van der Waals surface area contributed by atoms with Gasteiger partial charge < -0.3 is 5.11 Å². The third-order valence-electron chi connectivity index (χ3n) is 0.995. The maximum absolute atomic E-state index is 10.3. The van der Waals surface area contributed by atoms with E-state index < -0.39 is 5.97 Å². The number of carboxylic acids is 1. The van der Waals surface area contributed by atoms with Crippen LogP contribution in [0.2, 0.25) is 0 Å². The van der Waals surface area contributed by atoms with Crippen LogP contribution in [-0.2, 0) is 6.42 Å². The van der Waals surface area contributed by atoms with Gasteiger partial charge in [0.2, 0.25) is 0 Å². The first-order valence-corrected chi connectivity index (χ1v) is 3.60. The molecule has 5 heteroatoms. The zero-order chi connectivity index (χ0) is 8.27. The molecule has 0 fully saturated rings. The Morgan fingerprint density at radius 1 is 1.91 bits per heavy atom. The van der Waals surface area contributed by atoms with E-state index in [1.165, 1.54) is 6.20 Å². The minimum atomic E-state index is -0.994. The molecular formula is C6H4N2O2S. The third kappa shape index (κ3) is 1.75. The second-order valence-corrected chi connectivity index (χ2v) is 2.87. The van der Waals surface area contributed by atoms with Crippen molar-refractivity contribution in [1.29, 1.82) is 5.26 Å². The molecule has 1 aromatic heterocycles. The molecule has 11 heavy (non-hydrogen) atoms. The van der Waals surface area contributed by atoms with E-state index in [1.807, 2.05) is 6.07 Å². The summed E-state index contributed by atoms with van der Waals surface area (Å²) in [5.41, 5.74) is 0. The summed E-state index contributed by atoms with van der Waals surface area (Å²) in [4.78, 5) is 14.2. The Morgan fingerprint density at radius 2 is 2.64 bits per heavy atom. The zero-order valence-corrected chi connectivity index (χ0v) is 6.26. The van der Waals surface area contributed by atoms with Crippen molar-refractivity contribution in [2.24, 2.45) is 0 Å². The highest BCUT2D eigenvalue weighted by Gasteiger charge is 2.07. The summed E-state index contributed by atoms with van der Waals surface area (Å²) in [7, 11) is 0. The predicted octanol–water partition coefficient (Wildman–Crippen LogP) is 0.907. The quantitative estimate of drug-likeness (QED) is 0.712. The first-order chi connectivity index (χ1) is 5.24. The van der Waals surface area contributed by atoms with Crippen LogP contribution in [0.15, 0.2) is 6.20 Å². The van der Waals surface area contributed by atoms with Crippen LogP contribution in [0.25, 0.3) is 0 Å². The van der Waals surface area contributed by atoms with Crippen molar-refractivity contribution in [2.75, 3.05) is 0 Å². The number of nitrogens with zero attached hydrogens (tertiary/aromatic N) is 2. The van der Waals surface area contributed by atoms with Crippen LogP contribution in [0.3, 0.4) is 0 Å². The summed E-state index contributed by atoms with van der Waals surface area (Å²) in [6.07, 6.45) is 1.44. The average molecular weight is 168 g/mol. The zero-order valence-electron chi connectivity index (χ0n) is 5.44. The highest BCUT2D eigenvalue weighted by Crippen LogP contribution is 2.12. The van der Waals surface area contributed by atoms with E-state index in [1.54, 1.807) is 0 Å². The topological polar surface area (TPSA) is 74.0 Å². The molecular weight excluding hydrogens is 164 g/mol. The molecule has 0 aliphatic heterocycles. The molecule has 0 aliphatic carbocycles. The average Bonchev–Trinajstić information content (AvgIpc) is 2.37. The standard InChI is InChI=1S/C6H4N2O2S/c7-2-1-5-8-3-4(11-5)6(9)10/h3H,1H2,(H,9,10). The third-order valence-corrected chi connectivity index (χ3v) is 1.98. The molecule has 0 amide bonds. The smallest absolute Gasteiger partial charge is 0.347 e. The first kappa shape index (κ1) is 7.69. The number of carbonyl (C=O) groups is 1. The fraction of sp³-hybridized carbons (Fsp3) is 0.167. The lowest BCUT2D eigenvalue weighted by molar-refractivity contribution is 0.0702. The molecule has 0 bridgehead atoms. The van der Waals surface area contributed by atoms with Crippen LogP contribution in [0.4, 0.5) is 0 Å². The van der Waals surface area contributed by atoms with Crippen LogP contribution in [-0.4, -0.2) is 16.1 Å². The van der Waals surface area contributed by atoms with Gasteiger partial charge in [0.05, 0.1) is 18.7 Å². The Hall–Kier alpha value is -1.41. The van der Waals surface area contributed by atoms with E-state index in [-0.39, 0.29) is 11.3 Å². The minimum Gasteiger partial charge on any atom is -0.477 e. The molecule has 1 aromatic rings. The van der Waals surface area contributed by atoms with Crippen molar-refractivity contribution >= 4 is 17.3 Å². The second-order valence-electron chi connectivity index (χ2n) is 1.76. The Balaban J connectivity index is 2.83. The van der Waals surface area contributed by atoms with E-state index in [9.17, 15) is 4.79 Å². The molecule has 0 unspecified atom stereocenters. The summed E-state index contributed by atoms with van der Waals surface area (Å²) < 4.78 is 0. The summed E-state index contributed by atoms with van der Waals surface area (Å²) in [5.74, 6) is -0.994. The van der Waals surface area contributed by atoms with E-state index >= 15 is 0 Å². The maximum Gasteiger partial charge on any atom is 0.347 e. The van der Waals surface area contributed by atoms with Gasteiger partial charge in [-0.15, -0.1) is 11.3 Å². The monoisotopic (exact) mass is 168 g/mol. The number of hydrogen-bond acceptors (Lipinski definition) is 4. The Labute approximate surface area is 66.7 Å². The molecule has 0 aliphatic rings. The van der Waals surface area contributed by atoms with Gasteiger partial charge >= 0.3 is 5.97 Å². The Morgan fingerprint density at radius 3 is 3.09 bits per heavy atom. The minimum absolute atomic E-state index is 0.176. The highest BCUT2D eigenvalue weighted by atomic mass is 32.1. The molecule has 0 aromatic carbocycles. The van der Waals surface area contributed by atoms with Crippen LogP contribution in [0.1, 0.15) is 14.7 Å². The van der Waals surface area contributed by atoms with Gasteiger partial charge in [-0.3, -0.25) is 0 Å². The molecule has 0 saturated carbocycles. The number of rotatable bonds is 2. The van der Waals surface area contributed by atoms with E-state index in [0.29, 0.717) is 5.01 Å². The molecule has 1 rings (SSSR count). The summed E-state index contributed by atoms with van der Waals surface area (Å²) >= 11 is 1.03. The molecule has 0 atom stereocenters. The molecule has 1 N–H and O–H groups in total. The van der Waals surface area contributed by atoms with E-state index in [4.69, 9.17) is 10.4 Å². The predicted molar refractivity (Wildman–Crippen MR) is 38.4 cm³/mol. The summed E-state index contributed by atoms with van der Waals surface area (Å²) in [5, 5.41) is 17.2. The molecule has 0 radical (unpaired) electrons. The molecule has 1 heterocycles. The van der Waals surface area contributed by atoms with Crippen LogP contribution < -0.4 is 0 Å². The number of aromatic carboxylic acids is 1. The van der Waals surface area contributed by atoms with Gasteiger partial charge in [-0.1, -0.05) is 0 Å². The lowest BCUT2D eigenvalue weighted by Crippen LogP contribution is -1.89. The van der Waals surface area contributed by atoms with Crippen molar-refractivity contribution in [3.05, 3.63) is 16.1 Å². The van der Waals surface area contributed by atoms with Crippen molar-refractivity contribution < 1.29 is 9.90 Å². The summed E-state index contributed by atoms with van der Waals surface area (Å²) in [6.45, 7) is 0. The first-order valence-electron chi connectivity index (χ1n) is 2.79. The second kappa shape index (κ2) is 3.12. The number of carboxylic acid groups (broad SMARTS) is 1. The van der Waals surface area contributed by atoms with Crippen molar-refractivity contribution in [1.82, 2.24) is 4.98 Å². The van der Waals surface area contributed by atoms with Crippen molar-refractivity contribution in [3.8, 4) is 6.07 Å². The van der Waals surface area contributed by atoms with Gasteiger partial charge in [-0.25, -0.2) is 9.78 Å². The lowest BCUT2D eigenvalue weighted by atomic mass is 10.5. The fourth-order valence-electron chi connectivity index (χ4n) is 0.558. The summed E-state index contributed by atoms with van der Waals surface area (Å²) in [6, 6.07) is 1.89. The van der Waals surface area contributed by atoms with Gasteiger partial charge in [-0.05, 0) is 0 Å². The van der Waals surface area contributed by atoms with Gasteiger partial charge in [0.1, 0.15) is 9.88 Å². The number of thiazole rings is 1. The van der Waals surface area contributed by atoms with Crippen LogP contribution >= 0.6 is 11.3 Å². The maximum atomic E-state index is 10.3. The number of aromatic nitrogens is 1. The van der Waals surface area contributed by atoms with Crippen molar-refractivity contribution in [3.63, 3.8) is 0 Å². The number of hydrogen-bond donors (Lipinski definition) is 1. The van der Waals surface area contributed by atoms with Gasteiger partial charge in [-0.2, -0.15) is 5.26 Å². The SMILES string of the molecule is N#CCc1ncc(C(=O)O)s1. The molecule has 0 spiro atoms. The van der Waals surface area contributed by atoms with Crippen molar-refractivity contribution in [2.45, 2.75) is 6.42 Å². The molecule has 56 valence electrons. The van der Waals surface area contributed by atoms with E-state index in [2.05, 4.69) is 4.98 Å².